The highest BCUT2D eigenvalue weighted by Gasteiger charge is 2.42. The van der Waals surface area contributed by atoms with E-state index in [1.165, 1.54) is 21.9 Å². The van der Waals surface area contributed by atoms with Crippen molar-refractivity contribution in [3.63, 3.8) is 0 Å². The van der Waals surface area contributed by atoms with Crippen LogP contribution in [0, 0.1) is 6.08 Å². The van der Waals surface area contributed by atoms with E-state index in [0.717, 1.165) is 0 Å². The van der Waals surface area contributed by atoms with Crippen LogP contribution in [0.1, 0.15) is 17.2 Å². The summed E-state index contributed by atoms with van der Waals surface area (Å²) in [4.78, 5) is 0. The van der Waals surface area contributed by atoms with E-state index < -0.39 is 0 Å². The molecule has 1 aliphatic carbocycles. The van der Waals surface area contributed by atoms with Crippen LogP contribution in [-0.2, 0) is 4.74 Å². The van der Waals surface area contributed by atoms with Gasteiger partial charge in [0, 0.05) is 0 Å². The van der Waals surface area contributed by atoms with E-state index in [9.17, 15) is 0 Å². The monoisotopic (exact) mass is 193 g/mol. The lowest BCUT2D eigenvalue weighted by atomic mass is 9.92. The second kappa shape index (κ2) is 2.50. The maximum Gasteiger partial charge on any atom is 0.114 e. The van der Waals surface area contributed by atoms with Gasteiger partial charge in [0.1, 0.15) is 12.2 Å². The molecule has 71 valence electrons. The minimum atomic E-state index is 0.221. The maximum absolute atomic E-state index is 5.51. The van der Waals surface area contributed by atoms with E-state index in [4.69, 9.17) is 4.74 Å². The molecule has 1 radical (unpaired) electrons. The summed E-state index contributed by atoms with van der Waals surface area (Å²) in [6, 6.07) is 12.8. The third-order valence-corrected chi connectivity index (χ3v) is 3.19. The molecule has 1 heteroatoms. The molecule has 4 rings (SSSR count). The van der Waals surface area contributed by atoms with E-state index >= 15 is 0 Å². The van der Waals surface area contributed by atoms with E-state index in [-0.39, 0.29) is 12.2 Å². The van der Waals surface area contributed by atoms with Gasteiger partial charge in [0.2, 0.25) is 0 Å². The molecule has 1 nitrogen and oxygen atoms in total. The molecule has 0 saturated carbocycles. The molecule has 2 unspecified atom stereocenters. The van der Waals surface area contributed by atoms with Crippen molar-refractivity contribution in [2.75, 3.05) is 0 Å². The number of ether oxygens (including phenoxy) is 1. The summed E-state index contributed by atoms with van der Waals surface area (Å²) >= 11 is 0. The van der Waals surface area contributed by atoms with Crippen molar-refractivity contribution in [2.45, 2.75) is 12.2 Å². The molecular weight excluding hydrogens is 184 g/mol. The minimum absolute atomic E-state index is 0.221. The van der Waals surface area contributed by atoms with Crippen LogP contribution in [0.15, 0.2) is 36.4 Å². The molecule has 1 heterocycles. The lowest BCUT2D eigenvalue weighted by Gasteiger charge is -2.10. The number of fused-ring (bicyclic) bond motifs is 5. The molecule has 2 aromatic rings. The Morgan fingerprint density at radius 2 is 2.00 bits per heavy atom. The summed E-state index contributed by atoms with van der Waals surface area (Å²) in [7, 11) is 0. The van der Waals surface area contributed by atoms with Crippen LogP contribution in [0.5, 0.6) is 0 Å². The van der Waals surface area contributed by atoms with E-state index in [1.54, 1.807) is 0 Å². The van der Waals surface area contributed by atoms with Gasteiger partial charge in [0.15, 0.2) is 0 Å². The van der Waals surface area contributed by atoms with Crippen LogP contribution in [0.3, 0.4) is 0 Å². The molecule has 0 N–H and O–H groups in total. The number of rotatable bonds is 0. The summed E-state index contributed by atoms with van der Waals surface area (Å²) < 4.78 is 5.51. The average molecular weight is 193 g/mol. The average Bonchev–Trinajstić information content (AvgIpc) is 3.07. The third kappa shape index (κ3) is 0.959. The molecule has 2 atom stereocenters. The fraction of sp³-hybridized carbons (Fsp3) is 0.143. The first kappa shape index (κ1) is 7.66. The van der Waals surface area contributed by atoms with Gasteiger partial charge in [-0.2, -0.15) is 0 Å². The van der Waals surface area contributed by atoms with E-state index in [1.807, 2.05) is 0 Å². The molecule has 2 aromatic carbocycles. The SMILES string of the molecule is [C]1=Cc2c(ccc3ccccc23)C2OC12. The highest BCUT2D eigenvalue weighted by molar-refractivity contribution is 5.92. The predicted molar refractivity (Wildman–Crippen MR) is 59.3 cm³/mol. The first-order valence-corrected chi connectivity index (χ1v) is 5.20. The smallest absolute Gasteiger partial charge is 0.114 e. The summed E-state index contributed by atoms with van der Waals surface area (Å²) in [6.45, 7) is 0. The van der Waals surface area contributed by atoms with Crippen LogP contribution in [0.4, 0.5) is 0 Å². The summed E-state index contributed by atoms with van der Waals surface area (Å²) in [5.41, 5.74) is 2.60. The normalized spacial score (nSPS) is 26.1. The Bertz CT molecular complexity index is 583. The van der Waals surface area contributed by atoms with Crippen molar-refractivity contribution >= 4 is 16.8 Å². The Kier molecular flexibility index (Phi) is 1.28. The molecule has 1 fully saturated rings. The molecule has 1 saturated heterocycles. The molecule has 0 spiro atoms. The lowest BCUT2D eigenvalue weighted by Crippen LogP contribution is -1.96. The predicted octanol–water partition coefficient (Wildman–Crippen LogP) is 3.11. The highest BCUT2D eigenvalue weighted by Crippen LogP contribution is 2.46. The van der Waals surface area contributed by atoms with Gasteiger partial charge < -0.3 is 4.74 Å². The largest absolute Gasteiger partial charge is 0.359 e. The quantitative estimate of drug-likeness (QED) is 0.586. The second-order valence-corrected chi connectivity index (χ2v) is 4.08. The Morgan fingerprint density at radius 1 is 1.07 bits per heavy atom. The first-order valence-electron chi connectivity index (χ1n) is 5.20. The van der Waals surface area contributed by atoms with Crippen LogP contribution < -0.4 is 0 Å². The van der Waals surface area contributed by atoms with Crippen molar-refractivity contribution in [2.24, 2.45) is 0 Å². The minimum Gasteiger partial charge on any atom is -0.359 e. The zero-order valence-electron chi connectivity index (χ0n) is 8.10. The number of benzene rings is 2. The van der Waals surface area contributed by atoms with Crippen LogP contribution in [-0.4, -0.2) is 6.10 Å². The van der Waals surface area contributed by atoms with Gasteiger partial charge in [-0.25, -0.2) is 0 Å². The molecule has 2 aliphatic rings. The van der Waals surface area contributed by atoms with Gasteiger partial charge in [-0.3, -0.25) is 0 Å². The zero-order chi connectivity index (χ0) is 9.83. The van der Waals surface area contributed by atoms with Gasteiger partial charge in [0.25, 0.3) is 0 Å². The molecular formula is C14H9O. The van der Waals surface area contributed by atoms with Crippen molar-refractivity contribution in [1.29, 1.82) is 0 Å². The van der Waals surface area contributed by atoms with Gasteiger partial charge in [-0.15, -0.1) is 0 Å². The van der Waals surface area contributed by atoms with Crippen LogP contribution in [0.25, 0.3) is 16.8 Å². The van der Waals surface area contributed by atoms with Crippen molar-refractivity contribution in [1.82, 2.24) is 0 Å². The Hall–Kier alpha value is -1.60. The van der Waals surface area contributed by atoms with Crippen molar-refractivity contribution in [3.8, 4) is 0 Å². The standard InChI is InChI=1S/C14H9O/c1-2-4-10-9(3-1)5-6-12-11(10)7-8-13-14(12)15-13/h1-7,13-14H. The van der Waals surface area contributed by atoms with Crippen molar-refractivity contribution < 1.29 is 4.74 Å². The van der Waals surface area contributed by atoms with Gasteiger partial charge in [0.05, 0.1) is 0 Å². The van der Waals surface area contributed by atoms with E-state index in [2.05, 4.69) is 48.6 Å². The molecule has 0 bridgehead atoms. The lowest BCUT2D eigenvalue weighted by molar-refractivity contribution is 0.393. The van der Waals surface area contributed by atoms with Gasteiger partial charge in [-0.05, 0) is 34.1 Å². The topological polar surface area (TPSA) is 12.5 Å². The number of hydrogen-bond donors (Lipinski definition) is 0. The Labute approximate surface area is 88.0 Å². The summed E-state index contributed by atoms with van der Waals surface area (Å²) in [5, 5.41) is 2.59. The van der Waals surface area contributed by atoms with Crippen LogP contribution >= 0.6 is 0 Å². The fourth-order valence-corrected chi connectivity index (χ4v) is 2.36. The van der Waals surface area contributed by atoms with Crippen molar-refractivity contribution in [3.05, 3.63) is 53.6 Å². The zero-order valence-corrected chi connectivity index (χ0v) is 8.10. The number of epoxide rings is 1. The Balaban J connectivity index is 2.13. The molecule has 0 amide bonds. The van der Waals surface area contributed by atoms with E-state index in [0.29, 0.717) is 0 Å². The summed E-state index contributed by atoms with van der Waals surface area (Å²) in [5.74, 6) is 0. The van der Waals surface area contributed by atoms with Crippen LogP contribution in [0.2, 0.25) is 0 Å². The number of hydrogen-bond acceptors (Lipinski definition) is 1. The first-order chi connectivity index (χ1) is 7.43. The second-order valence-electron chi connectivity index (χ2n) is 4.08. The third-order valence-electron chi connectivity index (χ3n) is 3.19. The maximum atomic E-state index is 5.51. The molecule has 1 aliphatic heterocycles. The summed E-state index contributed by atoms with van der Waals surface area (Å²) in [6.07, 6.45) is 5.83. The highest BCUT2D eigenvalue weighted by atomic mass is 16.6. The molecule has 15 heavy (non-hydrogen) atoms. The Morgan fingerprint density at radius 3 is 3.00 bits per heavy atom. The van der Waals surface area contributed by atoms with Gasteiger partial charge in [-0.1, -0.05) is 36.4 Å². The molecule has 0 aromatic heterocycles. The van der Waals surface area contributed by atoms with Gasteiger partial charge >= 0.3 is 0 Å². The fourth-order valence-electron chi connectivity index (χ4n) is 2.36.